The van der Waals surface area contributed by atoms with Gasteiger partial charge in [-0.1, -0.05) is 36.5 Å². The van der Waals surface area contributed by atoms with E-state index in [4.69, 9.17) is 0 Å². The molecule has 0 fully saturated rings. The number of benzene rings is 1. The van der Waals surface area contributed by atoms with Crippen LogP contribution < -0.4 is 10.5 Å². The lowest BCUT2D eigenvalue weighted by molar-refractivity contribution is 0.663. The minimum absolute atomic E-state index is 0.0962. The van der Waals surface area contributed by atoms with E-state index in [1.165, 1.54) is 27.1 Å². The molecule has 23 heavy (non-hydrogen) atoms. The number of nitrogens with zero attached hydrogens (tertiary/aromatic N) is 4. The number of para-hydroxylation sites is 1. The lowest BCUT2D eigenvalue weighted by atomic mass is 10.1. The minimum atomic E-state index is -0.0962. The first-order valence-electron chi connectivity index (χ1n) is 7.89. The molecule has 3 aromatic rings. The Hall–Kier alpha value is -2.21. The number of aromatic nitrogens is 3. The van der Waals surface area contributed by atoms with Crippen LogP contribution in [0.4, 0.5) is 5.69 Å². The van der Waals surface area contributed by atoms with Crippen molar-refractivity contribution in [3.8, 4) is 0 Å². The van der Waals surface area contributed by atoms with Gasteiger partial charge >= 0.3 is 0 Å². The Bertz CT molecular complexity index is 930. The number of anilines is 1. The van der Waals surface area contributed by atoms with E-state index in [1.807, 2.05) is 6.92 Å². The Morgan fingerprint density at radius 1 is 1.35 bits per heavy atom. The smallest absolute Gasteiger partial charge is 0.275 e. The van der Waals surface area contributed by atoms with Crippen LogP contribution in [0, 0.1) is 0 Å². The Morgan fingerprint density at radius 2 is 2.17 bits per heavy atom. The molecule has 0 radical (unpaired) electrons. The maximum Gasteiger partial charge on any atom is 0.275 e. The zero-order chi connectivity index (χ0) is 16.0. The minimum Gasteiger partial charge on any atom is -0.362 e. The highest BCUT2D eigenvalue weighted by atomic mass is 32.1. The summed E-state index contributed by atoms with van der Waals surface area (Å²) >= 11 is 1.49. The largest absolute Gasteiger partial charge is 0.362 e. The van der Waals surface area contributed by atoms with Crippen LogP contribution in [0.1, 0.15) is 30.1 Å². The van der Waals surface area contributed by atoms with E-state index in [0.717, 1.165) is 23.5 Å². The molecule has 3 heterocycles. The van der Waals surface area contributed by atoms with Gasteiger partial charge in [-0.05, 0) is 31.4 Å². The molecule has 118 valence electrons. The van der Waals surface area contributed by atoms with E-state index in [-0.39, 0.29) is 5.56 Å². The van der Waals surface area contributed by atoms with Gasteiger partial charge in [0.2, 0.25) is 4.96 Å². The quantitative estimate of drug-likeness (QED) is 0.742. The van der Waals surface area contributed by atoms with Crippen molar-refractivity contribution in [2.24, 2.45) is 0 Å². The van der Waals surface area contributed by atoms with Crippen molar-refractivity contribution in [2.75, 3.05) is 4.90 Å². The Labute approximate surface area is 138 Å². The number of fused-ring (bicyclic) bond motifs is 2. The summed E-state index contributed by atoms with van der Waals surface area (Å²) < 4.78 is 1.41. The molecule has 0 saturated carbocycles. The van der Waals surface area contributed by atoms with Crippen LogP contribution in [0.2, 0.25) is 0 Å². The Morgan fingerprint density at radius 3 is 3.00 bits per heavy atom. The van der Waals surface area contributed by atoms with Gasteiger partial charge in [0, 0.05) is 17.8 Å². The molecule has 4 rings (SSSR count). The van der Waals surface area contributed by atoms with Crippen molar-refractivity contribution < 1.29 is 0 Å². The fourth-order valence-corrected chi connectivity index (χ4v) is 4.02. The molecule has 0 saturated heterocycles. The number of hydrogen-bond donors (Lipinski definition) is 0. The highest BCUT2D eigenvalue weighted by Crippen LogP contribution is 2.32. The van der Waals surface area contributed by atoms with E-state index < -0.39 is 0 Å². The van der Waals surface area contributed by atoms with Crippen molar-refractivity contribution in [1.82, 2.24) is 14.6 Å². The lowest BCUT2D eigenvalue weighted by Crippen LogP contribution is -2.30. The standard InChI is InChI=1S/C17H18N4OS/c1-3-15-19-21-16(22)9-13(18-17(21)23-15)10-20-11(2)8-12-6-4-5-7-14(12)20/h4-7,9,11H,3,8,10H2,1-2H3. The molecule has 1 aliphatic heterocycles. The second-order valence-corrected chi connectivity index (χ2v) is 6.98. The number of rotatable bonds is 3. The fraction of sp³-hybridized carbons (Fsp3) is 0.353. The van der Waals surface area contributed by atoms with Gasteiger partial charge in [0.1, 0.15) is 5.01 Å². The summed E-state index contributed by atoms with van der Waals surface area (Å²) in [6.45, 7) is 4.91. The van der Waals surface area contributed by atoms with E-state index in [0.29, 0.717) is 17.5 Å². The number of hydrogen-bond acceptors (Lipinski definition) is 5. The van der Waals surface area contributed by atoms with Gasteiger partial charge in [-0.25, -0.2) is 4.98 Å². The molecule has 1 unspecified atom stereocenters. The van der Waals surface area contributed by atoms with Crippen molar-refractivity contribution in [3.63, 3.8) is 0 Å². The average Bonchev–Trinajstić information content (AvgIpc) is 3.09. The molecule has 0 amide bonds. The van der Waals surface area contributed by atoms with Gasteiger partial charge in [0.25, 0.3) is 5.56 Å². The highest BCUT2D eigenvalue weighted by molar-refractivity contribution is 7.16. The maximum absolute atomic E-state index is 12.3. The first-order chi connectivity index (χ1) is 11.2. The molecular formula is C17H18N4OS. The SMILES string of the molecule is CCc1nn2c(=O)cc(CN3c4ccccc4CC3C)nc2s1. The lowest BCUT2D eigenvalue weighted by Gasteiger charge is -2.24. The summed E-state index contributed by atoms with van der Waals surface area (Å²) in [6.07, 6.45) is 1.86. The van der Waals surface area contributed by atoms with Crippen molar-refractivity contribution >= 4 is 22.0 Å². The molecule has 1 aliphatic rings. The van der Waals surface area contributed by atoms with Gasteiger partial charge < -0.3 is 4.90 Å². The van der Waals surface area contributed by atoms with E-state index in [9.17, 15) is 4.79 Å². The fourth-order valence-electron chi connectivity index (χ4n) is 3.16. The summed E-state index contributed by atoms with van der Waals surface area (Å²) in [6, 6.07) is 10.5. The van der Waals surface area contributed by atoms with Crippen LogP contribution in [0.15, 0.2) is 35.1 Å². The van der Waals surface area contributed by atoms with Gasteiger partial charge in [0.15, 0.2) is 0 Å². The van der Waals surface area contributed by atoms with E-state index >= 15 is 0 Å². The van der Waals surface area contributed by atoms with Gasteiger partial charge in [-0.3, -0.25) is 4.79 Å². The average molecular weight is 326 g/mol. The third-order valence-corrected chi connectivity index (χ3v) is 5.38. The Balaban J connectivity index is 1.72. The molecule has 0 spiro atoms. The molecule has 1 atom stereocenters. The van der Waals surface area contributed by atoms with Crippen molar-refractivity contribution in [3.05, 3.63) is 57.0 Å². The van der Waals surface area contributed by atoms with Crippen LogP contribution >= 0.6 is 11.3 Å². The first-order valence-corrected chi connectivity index (χ1v) is 8.70. The summed E-state index contributed by atoms with van der Waals surface area (Å²) in [4.78, 5) is 19.9. The van der Waals surface area contributed by atoms with E-state index in [2.05, 4.69) is 46.2 Å². The molecule has 0 N–H and O–H groups in total. The number of aryl methyl sites for hydroxylation is 1. The second kappa shape index (κ2) is 5.45. The first kappa shape index (κ1) is 14.4. The molecule has 1 aromatic carbocycles. The highest BCUT2D eigenvalue weighted by Gasteiger charge is 2.26. The predicted molar refractivity (Wildman–Crippen MR) is 92.3 cm³/mol. The van der Waals surface area contributed by atoms with Crippen LogP contribution in [-0.4, -0.2) is 20.6 Å². The molecule has 2 aromatic heterocycles. The molecule has 5 nitrogen and oxygen atoms in total. The molecule has 6 heteroatoms. The maximum atomic E-state index is 12.3. The summed E-state index contributed by atoms with van der Waals surface area (Å²) in [7, 11) is 0. The van der Waals surface area contributed by atoms with E-state index in [1.54, 1.807) is 6.07 Å². The zero-order valence-electron chi connectivity index (χ0n) is 13.2. The van der Waals surface area contributed by atoms with Crippen molar-refractivity contribution in [2.45, 2.75) is 39.3 Å². The molecule has 0 bridgehead atoms. The molecular weight excluding hydrogens is 308 g/mol. The predicted octanol–water partition coefficient (Wildman–Crippen LogP) is 2.66. The summed E-state index contributed by atoms with van der Waals surface area (Å²) in [5.74, 6) is 0. The van der Waals surface area contributed by atoms with Crippen LogP contribution in [0.5, 0.6) is 0 Å². The Kier molecular flexibility index (Phi) is 3.41. The third-order valence-electron chi connectivity index (χ3n) is 4.32. The van der Waals surface area contributed by atoms with Gasteiger partial charge in [0.05, 0.1) is 12.2 Å². The van der Waals surface area contributed by atoms with Crippen LogP contribution in [0.25, 0.3) is 4.96 Å². The third kappa shape index (κ3) is 2.43. The van der Waals surface area contributed by atoms with Crippen LogP contribution in [0.3, 0.4) is 0 Å². The monoisotopic (exact) mass is 326 g/mol. The zero-order valence-corrected chi connectivity index (χ0v) is 14.0. The second-order valence-electron chi connectivity index (χ2n) is 5.94. The van der Waals surface area contributed by atoms with Crippen LogP contribution in [-0.2, 0) is 19.4 Å². The topological polar surface area (TPSA) is 50.5 Å². The normalized spacial score (nSPS) is 17.0. The van der Waals surface area contributed by atoms with Gasteiger partial charge in [-0.2, -0.15) is 9.61 Å². The van der Waals surface area contributed by atoms with Crippen molar-refractivity contribution in [1.29, 1.82) is 0 Å². The summed E-state index contributed by atoms with van der Waals surface area (Å²) in [5, 5.41) is 5.24. The molecule has 0 aliphatic carbocycles. The summed E-state index contributed by atoms with van der Waals surface area (Å²) in [5.41, 5.74) is 3.33. The van der Waals surface area contributed by atoms with Gasteiger partial charge in [-0.15, -0.1) is 0 Å².